The fourth-order valence-corrected chi connectivity index (χ4v) is 2.04. The Morgan fingerprint density at radius 2 is 1.95 bits per heavy atom. The zero-order valence-corrected chi connectivity index (χ0v) is 11.4. The van der Waals surface area contributed by atoms with Crippen LogP contribution in [0.1, 0.15) is 5.56 Å². The molecular weight excluding hydrogens is 279 g/mol. The highest BCUT2D eigenvalue weighted by Crippen LogP contribution is 2.18. The monoisotopic (exact) mass is 292 g/mol. The quantitative estimate of drug-likeness (QED) is 0.910. The van der Waals surface area contributed by atoms with Gasteiger partial charge in [0.15, 0.2) is 0 Å². The van der Waals surface area contributed by atoms with Crippen LogP contribution in [0.4, 0.5) is 10.1 Å². The molecule has 0 spiro atoms. The summed E-state index contributed by atoms with van der Waals surface area (Å²) < 4.78 is 13.2. The topological polar surface area (TPSA) is 55.1 Å². The number of anilines is 1. The third kappa shape index (κ3) is 4.05. The fraction of sp³-hybridized carbons (Fsp3) is 0.133. The summed E-state index contributed by atoms with van der Waals surface area (Å²) >= 11 is 5.72. The van der Waals surface area contributed by atoms with Crippen molar-refractivity contribution >= 4 is 23.2 Å². The van der Waals surface area contributed by atoms with Crippen molar-refractivity contribution in [3.63, 3.8) is 0 Å². The molecular formula is C15H14ClFN2O. The van der Waals surface area contributed by atoms with E-state index in [0.29, 0.717) is 12.1 Å². The third-order valence-electron chi connectivity index (χ3n) is 2.77. The van der Waals surface area contributed by atoms with Crippen LogP contribution in [0, 0.1) is 5.82 Å². The van der Waals surface area contributed by atoms with Crippen molar-refractivity contribution in [2.24, 2.45) is 5.73 Å². The van der Waals surface area contributed by atoms with E-state index in [1.165, 1.54) is 18.2 Å². The van der Waals surface area contributed by atoms with Gasteiger partial charge in [-0.25, -0.2) is 4.39 Å². The van der Waals surface area contributed by atoms with Crippen molar-refractivity contribution in [3.8, 4) is 0 Å². The second-order valence-electron chi connectivity index (χ2n) is 4.44. The summed E-state index contributed by atoms with van der Waals surface area (Å²) in [6.45, 7) is 0. The largest absolute Gasteiger partial charge is 0.325 e. The normalized spacial score (nSPS) is 11.9. The second-order valence-corrected chi connectivity index (χ2v) is 4.88. The van der Waals surface area contributed by atoms with Gasteiger partial charge in [-0.3, -0.25) is 4.79 Å². The minimum atomic E-state index is -0.709. The van der Waals surface area contributed by atoms with Gasteiger partial charge in [-0.2, -0.15) is 0 Å². The molecule has 0 unspecified atom stereocenters. The lowest BCUT2D eigenvalue weighted by Gasteiger charge is -2.12. The Balaban J connectivity index is 2.00. The van der Waals surface area contributed by atoms with Crippen LogP contribution in [0.25, 0.3) is 0 Å². The maximum atomic E-state index is 13.2. The van der Waals surface area contributed by atoms with Crippen molar-refractivity contribution in [2.75, 3.05) is 5.32 Å². The summed E-state index contributed by atoms with van der Waals surface area (Å²) in [6, 6.07) is 12.6. The van der Waals surface area contributed by atoms with E-state index in [1.807, 2.05) is 30.3 Å². The van der Waals surface area contributed by atoms with E-state index in [0.717, 1.165) is 5.56 Å². The molecule has 0 saturated heterocycles. The van der Waals surface area contributed by atoms with Gasteiger partial charge in [0.1, 0.15) is 5.82 Å². The molecule has 0 aliphatic heterocycles. The van der Waals surface area contributed by atoms with Crippen molar-refractivity contribution < 1.29 is 9.18 Å². The van der Waals surface area contributed by atoms with Crippen LogP contribution < -0.4 is 11.1 Å². The number of hydrogen-bond acceptors (Lipinski definition) is 2. The number of carbonyl (C=O) groups excluding carboxylic acids is 1. The molecule has 1 atom stereocenters. The van der Waals surface area contributed by atoms with E-state index in [4.69, 9.17) is 17.3 Å². The zero-order chi connectivity index (χ0) is 14.5. The molecule has 3 nitrogen and oxygen atoms in total. The van der Waals surface area contributed by atoms with E-state index in [1.54, 1.807) is 0 Å². The summed E-state index contributed by atoms with van der Waals surface area (Å²) in [5.74, 6) is -0.889. The molecule has 0 aliphatic carbocycles. The molecule has 1 amide bonds. The Hall–Kier alpha value is -1.91. The minimum absolute atomic E-state index is 0.219. The van der Waals surface area contributed by atoms with Gasteiger partial charge in [0.05, 0.1) is 6.04 Å². The average molecular weight is 293 g/mol. The first-order chi connectivity index (χ1) is 9.54. The predicted molar refractivity (Wildman–Crippen MR) is 78.2 cm³/mol. The average Bonchev–Trinajstić information content (AvgIpc) is 2.38. The van der Waals surface area contributed by atoms with Crippen LogP contribution in [-0.4, -0.2) is 11.9 Å². The first-order valence-corrected chi connectivity index (χ1v) is 6.49. The molecule has 0 saturated carbocycles. The standard InChI is InChI=1S/C15H14ClFN2O/c16-11-7-12(17)9-13(8-11)19-15(20)14(18)6-10-4-2-1-3-5-10/h1-5,7-9,14H,6,18H2,(H,19,20)/t14-/m0/s1. The van der Waals surface area contributed by atoms with Crippen LogP contribution in [-0.2, 0) is 11.2 Å². The SMILES string of the molecule is N[C@@H](Cc1ccccc1)C(=O)Nc1cc(F)cc(Cl)c1. The Labute approximate surface area is 121 Å². The number of hydrogen-bond donors (Lipinski definition) is 2. The number of benzene rings is 2. The smallest absolute Gasteiger partial charge is 0.241 e. The Kier molecular flexibility index (Phi) is 4.71. The second kappa shape index (κ2) is 6.50. The molecule has 20 heavy (non-hydrogen) atoms. The first-order valence-electron chi connectivity index (χ1n) is 6.11. The number of halogens is 2. The van der Waals surface area contributed by atoms with E-state index < -0.39 is 11.9 Å². The van der Waals surface area contributed by atoms with Gasteiger partial charge in [0.2, 0.25) is 5.91 Å². The summed E-state index contributed by atoms with van der Waals surface area (Å²) in [4.78, 5) is 11.9. The van der Waals surface area contributed by atoms with E-state index in [-0.39, 0.29) is 10.9 Å². The maximum absolute atomic E-state index is 13.2. The molecule has 3 N–H and O–H groups in total. The van der Waals surface area contributed by atoms with Gasteiger partial charge in [0, 0.05) is 10.7 Å². The summed E-state index contributed by atoms with van der Waals surface area (Å²) in [5.41, 5.74) is 7.09. The molecule has 2 aromatic rings. The van der Waals surface area contributed by atoms with Gasteiger partial charge in [-0.15, -0.1) is 0 Å². The maximum Gasteiger partial charge on any atom is 0.241 e. The highest BCUT2D eigenvalue weighted by molar-refractivity contribution is 6.30. The summed E-state index contributed by atoms with van der Waals surface area (Å²) in [6.07, 6.45) is 0.412. The van der Waals surface area contributed by atoms with Gasteiger partial charge in [-0.1, -0.05) is 41.9 Å². The van der Waals surface area contributed by atoms with Crippen molar-refractivity contribution in [1.29, 1.82) is 0 Å². The number of carbonyl (C=O) groups is 1. The van der Waals surface area contributed by atoms with Crippen molar-refractivity contribution in [2.45, 2.75) is 12.5 Å². The lowest BCUT2D eigenvalue weighted by Crippen LogP contribution is -2.37. The molecule has 0 bridgehead atoms. The lowest BCUT2D eigenvalue weighted by molar-refractivity contribution is -0.117. The lowest BCUT2D eigenvalue weighted by atomic mass is 10.1. The first kappa shape index (κ1) is 14.5. The minimum Gasteiger partial charge on any atom is -0.325 e. The van der Waals surface area contributed by atoms with Crippen LogP contribution in [0.3, 0.4) is 0 Å². The van der Waals surface area contributed by atoms with Gasteiger partial charge in [-0.05, 0) is 30.2 Å². The van der Waals surface area contributed by atoms with Crippen LogP contribution in [0.5, 0.6) is 0 Å². The molecule has 0 aromatic heterocycles. The fourth-order valence-electron chi connectivity index (χ4n) is 1.82. The molecule has 0 heterocycles. The van der Waals surface area contributed by atoms with Gasteiger partial charge < -0.3 is 11.1 Å². The van der Waals surface area contributed by atoms with Crippen LogP contribution in [0.15, 0.2) is 48.5 Å². The van der Waals surface area contributed by atoms with Gasteiger partial charge in [0.25, 0.3) is 0 Å². The molecule has 104 valence electrons. The Bertz CT molecular complexity index is 584. The number of nitrogens with two attached hydrogens (primary N) is 1. The molecule has 0 fully saturated rings. The summed E-state index contributed by atoms with van der Waals surface area (Å²) in [5, 5.41) is 2.77. The van der Waals surface area contributed by atoms with Crippen molar-refractivity contribution in [1.82, 2.24) is 0 Å². The molecule has 5 heteroatoms. The van der Waals surface area contributed by atoms with E-state index in [2.05, 4.69) is 5.32 Å². The van der Waals surface area contributed by atoms with Crippen molar-refractivity contribution in [3.05, 3.63) is 64.9 Å². The third-order valence-corrected chi connectivity index (χ3v) is 2.98. The molecule has 2 aromatic carbocycles. The van der Waals surface area contributed by atoms with E-state index in [9.17, 15) is 9.18 Å². The van der Waals surface area contributed by atoms with Crippen LogP contribution in [0.2, 0.25) is 5.02 Å². The number of amides is 1. The summed E-state index contributed by atoms with van der Waals surface area (Å²) in [7, 11) is 0. The van der Waals surface area contributed by atoms with Crippen LogP contribution >= 0.6 is 11.6 Å². The zero-order valence-electron chi connectivity index (χ0n) is 10.6. The van der Waals surface area contributed by atoms with E-state index >= 15 is 0 Å². The highest BCUT2D eigenvalue weighted by atomic mass is 35.5. The Morgan fingerprint density at radius 3 is 2.60 bits per heavy atom. The number of nitrogens with one attached hydrogen (secondary N) is 1. The molecule has 2 rings (SSSR count). The molecule has 0 radical (unpaired) electrons. The Morgan fingerprint density at radius 1 is 1.25 bits per heavy atom. The predicted octanol–water partition coefficient (Wildman–Crippen LogP) is 2.99. The molecule has 0 aliphatic rings. The van der Waals surface area contributed by atoms with Gasteiger partial charge >= 0.3 is 0 Å². The number of rotatable bonds is 4. The highest BCUT2D eigenvalue weighted by Gasteiger charge is 2.14.